The van der Waals surface area contributed by atoms with E-state index >= 15 is 0 Å². The van der Waals surface area contributed by atoms with Crippen LogP contribution in [0.1, 0.15) is 41.6 Å². The van der Waals surface area contributed by atoms with Gasteiger partial charge in [0.15, 0.2) is 5.78 Å². The van der Waals surface area contributed by atoms with Crippen LogP contribution in [-0.2, 0) is 0 Å². The van der Waals surface area contributed by atoms with E-state index in [-0.39, 0.29) is 17.3 Å². The van der Waals surface area contributed by atoms with Crippen molar-refractivity contribution in [3.63, 3.8) is 0 Å². The average Bonchev–Trinajstić information content (AvgIpc) is 2.77. The van der Waals surface area contributed by atoms with Crippen molar-refractivity contribution < 1.29 is 13.6 Å². The molecule has 16 heavy (non-hydrogen) atoms. The molecule has 0 spiro atoms. The molecule has 1 aromatic carbocycles. The molecular formula is C13H14F2O. The molecule has 0 bridgehead atoms. The van der Waals surface area contributed by atoms with Gasteiger partial charge in [0, 0.05) is 5.92 Å². The van der Waals surface area contributed by atoms with Crippen LogP contribution in [0.15, 0.2) is 12.1 Å². The number of hydrogen-bond donors (Lipinski definition) is 0. The third kappa shape index (κ3) is 1.86. The minimum absolute atomic E-state index is 0.189. The minimum Gasteiger partial charge on any atom is -0.294 e. The van der Waals surface area contributed by atoms with Crippen LogP contribution in [0, 0.1) is 24.5 Å². The maximum Gasteiger partial charge on any atom is 0.171 e. The summed E-state index contributed by atoms with van der Waals surface area (Å²) in [5.74, 6) is -1.99. The van der Waals surface area contributed by atoms with Crippen LogP contribution < -0.4 is 0 Å². The lowest BCUT2D eigenvalue weighted by Gasteiger charge is -2.10. The van der Waals surface area contributed by atoms with Crippen LogP contribution in [0.4, 0.5) is 8.78 Å². The Bertz CT molecular complexity index is 420. The molecule has 2 rings (SSSR count). The molecule has 0 unspecified atom stereocenters. The number of halogens is 2. The first kappa shape index (κ1) is 11.2. The van der Waals surface area contributed by atoms with Gasteiger partial charge in [0.1, 0.15) is 11.6 Å². The molecular weight excluding hydrogens is 210 g/mol. The molecule has 1 saturated carbocycles. The number of carbonyl (C=O) groups excluding carboxylic acids is 1. The second-order valence-corrected chi connectivity index (χ2v) is 4.40. The van der Waals surface area contributed by atoms with E-state index in [0.29, 0.717) is 5.56 Å². The van der Waals surface area contributed by atoms with Crippen molar-refractivity contribution in [1.29, 1.82) is 0 Å². The highest BCUT2D eigenvalue weighted by molar-refractivity contribution is 5.98. The van der Waals surface area contributed by atoms with Gasteiger partial charge in [-0.15, -0.1) is 0 Å². The third-order valence-corrected chi connectivity index (χ3v) is 3.26. The zero-order chi connectivity index (χ0) is 11.7. The third-order valence-electron chi connectivity index (χ3n) is 3.26. The summed E-state index contributed by atoms with van der Waals surface area (Å²) < 4.78 is 27.2. The molecule has 1 aliphatic carbocycles. The van der Waals surface area contributed by atoms with E-state index in [1.54, 1.807) is 6.92 Å². The van der Waals surface area contributed by atoms with Crippen molar-refractivity contribution in [2.24, 2.45) is 5.92 Å². The topological polar surface area (TPSA) is 17.1 Å². The number of Topliss-reactive ketones (excluding diaryl/α,β-unsaturated/α-hetero) is 1. The van der Waals surface area contributed by atoms with Crippen molar-refractivity contribution in [2.75, 3.05) is 0 Å². The fourth-order valence-electron chi connectivity index (χ4n) is 2.27. The van der Waals surface area contributed by atoms with Gasteiger partial charge in [-0.25, -0.2) is 8.78 Å². The van der Waals surface area contributed by atoms with E-state index in [9.17, 15) is 13.6 Å². The fourth-order valence-corrected chi connectivity index (χ4v) is 2.27. The maximum atomic E-state index is 13.7. The Labute approximate surface area is 93.5 Å². The van der Waals surface area contributed by atoms with Gasteiger partial charge < -0.3 is 0 Å². The normalized spacial score (nSPS) is 16.7. The van der Waals surface area contributed by atoms with Crippen molar-refractivity contribution in [2.45, 2.75) is 32.6 Å². The average molecular weight is 224 g/mol. The molecule has 0 aliphatic heterocycles. The number of hydrogen-bond acceptors (Lipinski definition) is 1. The van der Waals surface area contributed by atoms with Crippen molar-refractivity contribution in [3.8, 4) is 0 Å². The molecule has 0 heterocycles. The van der Waals surface area contributed by atoms with Gasteiger partial charge in [-0.2, -0.15) is 0 Å². The van der Waals surface area contributed by atoms with E-state index in [1.807, 2.05) is 0 Å². The molecule has 1 fully saturated rings. The lowest BCUT2D eigenvalue weighted by atomic mass is 9.94. The predicted octanol–water partition coefficient (Wildman–Crippen LogP) is 3.65. The predicted molar refractivity (Wildman–Crippen MR) is 57.4 cm³/mol. The highest BCUT2D eigenvalue weighted by Crippen LogP contribution is 2.30. The summed E-state index contributed by atoms with van der Waals surface area (Å²) in [6.07, 6.45) is 3.47. The van der Waals surface area contributed by atoms with Gasteiger partial charge in [0.2, 0.25) is 0 Å². The molecule has 1 aromatic rings. The Kier molecular flexibility index (Phi) is 3.03. The summed E-state index contributed by atoms with van der Waals surface area (Å²) in [4.78, 5) is 12.0. The molecule has 0 atom stereocenters. The van der Waals surface area contributed by atoms with E-state index in [1.165, 1.54) is 12.1 Å². The van der Waals surface area contributed by atoms with E-state index in [0.717, 1.165) is 25.7 Å². The molecule has 86 valence electrons. The molecule has 1 nitrogen and oxygen atoms in total. The monoisotopic (exact) mass is 224 g/mol. The van der Waals surface area contributed by atoms with Crippen LogP contribution in [0.2, 0.25) is 0 Å². The number of aryl methyl sites for hydroxylation is 1. The van der Waals surface area contributed by atoms with E-state index in [4.69, 9.17) is 0 Å². The second-order valence-electron chi connectivity index (χ2n) is 4.40. The van der Waals surface area contributed by atoms with E-state index in [2.05, 4.69) is 0 Å². The number of ketones is 1. The Morgan fingerprint density at radius 1 is 1.25 bits per heavy atom. The molecule has 0 aromatic heterocycles. The second kappa shape index (κ2) is 4.32. The van der Waals surface area contributed by atoms with Crippen LogP contribution in [0.25, 0.3) is 0 Å². The standard InChI is InChI=1S/C13H14F2O/c1-8-6-7-10(14)11(12(8)15)13(16)9-4-2-3-5-9/h6-7,9H,2-5H2,1H3. The smallest absolute Gasteiger partial charge is 0.171 e. The van der Waals surface area contributed by atoms with Gasteiger partial charge in [-0.05, 0) is 31.4 Å². The summed E-state index contributed by atoms with van der Waals surface area (Å²) >= 11 is 0. The highest BCUT2D eigenvalue weighted by atomic mass is 19.1. The van der Waals surface area contributed by atoms with Crippen molar-refractivity contribution in [3.05, 3.63) is 34.9 Å². The maximum absolute atomic E-state index is 13.7. The van der Waals surface area contributed by atoms with Gasteiger partial charge in [-0.3, -0.25) is 4.79 Å². The first-order valence-corrected chi connectivity index (χ1v) is 5.60. The Morgan fingerprint density at radius 3 is 2.50 bits per heavy atom. The first-order valence-electron chi connectivity index (χ1n) is 5.60. The highest BCUT2D eigenvalue weighted by Gasteiger charge is 2.28. The number of carbonyl (C=O) groups is 1. The summed E-state index contributed by atoms with van der Waals surface area (Å²) in [5, 5.41) is 0. The van der Waals surface area contributed by atoms with Crippen LogP contribution >= 0.6 is 0 Å². The largest absolute Gasteiger partial charge is 0.294 e. The Hall–Kier alpha value is -1.25. The first-order chi connectivity index (χ1) is 7.61. The molecule has 0 radical (unpaired) electrons. The van der Waals surface area contributed by atoms with Crippen molar-refractivity contribution in [1.82, 2.24) is 0 Å². The minimum atomic E-state index is -0.736. The zero-order valence-electron chi connectivity index (χ0n) is 9.22. The van der Waals surface area contributed by atoms with Gasteiger partial charge in [0.25, 0.3) is 0 Å². The molecule has 1 aliphatic rings. The quantitative estimate of drug-likeness (QED) is 0.701. The van der Waals surface area contributed by atoms with Crippen molar-refractivity contribution >= 4 is 5.78 Å². The van der Waals surface area contributed by atoms with Gasteiger partial charge >= 0.3 is 0 Å². The summed E-state index contributed by atoms with van der Waals surface area (Å²) in [7, 11) is 0. The molecule has 0 saturated heterocycles. The van der Waals surface area contributed by atoms with Gasteiger partial charge in [-0.1, -0.05) is 18.9 Å². The SMILES string of the molecule is Cc1ccc(F)c(C(=O)C2CCCC2)c1F. The summed E-state index contributed by atoms with van der Waals surface area (Å²) in [5.41, 5.74) is -0.0188. The summed E-state index contributed by atoms with van der Waals surface area (Å²) in [6.45, 7) is 1.54. The molecule has 0 N–H and O–H groups in total. The van der Waals surface area contributed by atoms with Gasteiger partial charge in [0.05, 0.1) is 5.56 Å². The van der Waals surface area contributed by atoms with Crippen LogP contribution in [0.5, 0.6) is 0 Å². The number of benzene rings is 1. The number of rotatable bonds is 2. The lowest BCUT2D eigenvalue weighted by Crippen LogP contribution is -2.15. The lowest BCUT2D eigenvalue weighted by molar-refractivity contribution is 0.0914. The van der Waals surface area contributed by atoms with Crippen LogP contribution in [-0.4, -0.2) is 5.78 Å². The molecule has 0 amide bonds. The summed E-state index contributed by atoms with van der Waals surface area (Å²) in [6, 6.07) is 2.52. The Balaban J connectivity index is 2.39. The zero-order valence-corrected chi connectivity index (χ0v) is 9.22. The fraction of sp³-hybridized carbons (Fsp3) is 0.462. The van der Waals surface area contributed by atoms with Crippen LogP contribution in [0.3, 0.4) is 0 Å². The Morgan fingerprint density at radius 2 is 1.88 bits per heavy atom. The molecule has 3 heteroatoms. The van der Waals surface area contributed by atoms with E-state index < -0.39 is 11.6 Å².